The highest BCUT2D eigenvalue weighted by Gasteiger charge is 2.19. The Bertz CT molecular complexity index is 916. The summed E-state index contributed by atoms with van der Waals surface area (Å²) in [7, 11) is 0. The number of hydrogen-bond acceptors (Lipinski definition) is 6. The molecular formula is C53H100O6. The van der Waals surface area contributed by atoms with Gasteiger partial charge in [0.05, 0.1) is 0 Å². The Morgan fingerprint density at radius 1 is 0.322 bits per heavy atom. The van der Waals surface area contributed by atoms with E-state index in [1.165, 1.54) is 186 Å². The maximum atomic E-state index is 12.6. The van der Waals surface area contributed by atoms with Crippen LogP contribution in [-0.4, -0.2) is 37.2 Å². The standard InChI is InChI=1S/C53H100O6/c1-4-7-10-13-15-16-17-18-19-20-21-22-23-24-25-26-27-28-29-30-31-32-33-34-35-36-38-40-43-46-52(55)58-49-50(48-57-51(54)45-42-39-12-9-6-3)59-53(56)47-44-41-37-14-11-8-5-2/h20-21,50H,4-19,22-49H2,1-3H3/b21-20-. The molecule has 59 heavy (non-hydrogen) atoms. The molecule has 0 radical (unpaired) electrons. The fraction of sp³-hybridized carbons (Fsp3) is 0.906. The van der Waals surface area contributed by atoms with E-state index < -0.39 is 6.10 Å². The summed E-state index contributed by atoms with van der Waals surface area (Å²) in [5.74, 6) is -0.877. The lowest BCUT2D eigenvalue weighted by molar-refractivity contribution is -0.167. The highest BCUT2D eigenvalue weighted by Crippen LogP contribution is 2.16. The number of ether oxygens (including phenoxy) is 3. The Balaban J connectivity index is 3.81. The molecule has 6 heteroatoms. The summed E-state index contributed by atoms with van der Waals surface area (Å²) in [6.45, 7) is 6.53. The maximum Gasteiger partial charge on any atom is 0.306 e. The first kappa shape index (κ1) is 57.1. The molecule has 0 aliphatic carbocycles. The molecule has 0 amide bonds. The van der Waals surface area contributed by atoms with Crippen LogP contribution in [0.25, 0.3) is 0 Å². The summed E-state index contributed by atoms with van der Waals surface area (Å²) >= 11 is 0. The van der Waals surface area contributed by atoms with Crippen molar-refractivity contribution in [1.82, 2.24) is 0 Å². The number of allylic oxidation sites excluding steroid dienone is 2. The van der Waals surface area contributed by atoms with Crippen LogP contribution in [0.2, 0.25) is 0 Å². The summed E-state index contributed by atoms with van der Waals surface area (Å²) in [5.41, 5.74) is 0. The van der Waals surface area contributed by atoms with Crippen LogP contribution in [0.5, 0.6) is 0 Å². The lowest BCUT2D eigenvalue weighted by Gasteiger charge is -2.18. The van der Waals surface area contributed by atoms with Crippen molar-refractivity contribution in [2.45, 2.75) is 297 Å². The Morgan fingerprint density at radius 2 is 0.559 bits per heavy atom. The first-order valence-electron chi connectivity index (χ1n) is 26.2. The lowest BCUT2D eigenvalue weighted by atomic mass is 10.0. The van der Waals surface area contributed by atoms with Crippen LogP contribution in [-0.2, 0) is 28.6 Å². The molecule has 6 nitrogen and oxygen atoms in total. The number of rotatable bonds is 48. The minimum atomic E-state index is -0.758. The molecule has 0 saturated carbocycles. The van der Waals surface area contributed by atoms with Gasteiger partial charge < -0.3 is 14.2 Å². The molecule has 0 aliphatic rings. The number of hydrogen-bond donors (Lipinski definition) is 0. The molecule has 0 fully saturated rings. The zero-order chi connectivity index (χ0) is 43.0. The van der Waals surface area contributed by atoms with Crippen LogP contribution in [0.15, 0.2) is 12.2 Å². The van der Waals surface area contributed by atoms with E-state index in [9.17, 15) is 14.4 Å². The zero-order valence-electron chi connectivity index (χ0n) is 39.8. The third-order valence-corrected chi connectivity index (χ3v) is 11.8. The van der Waals surface area contributed by atoms with Gasteiger partial charge in [0, 0.05) is 19.3 Å². The second-order valence-corrected chi connectivity index (χ2v) is 17.8. The summed E-state index contributed by atoms with van der Waals surface area (Å²) in [6.07, 6.45) is 54.3. The summed E-state index contributed by atoms with van der Waals surface area (Å²) in [5, 5.41) is 0. The van der Waals surface area contributed by atoms with E-state index in [1.807, 2.05) is 0 Å². The van der Waals surface area contributed by atoms with Gasteiger partial charge in [-0.05, 0) is 44.9 Å². The Hall–Kier alpha value is -1.85. The van der Waals surface area contributed by atoms with Gasteiger partial charge in [-0.15, -0.1) is 0 Å². The van der Waals surface area contributed by atoms with Gasteiger partial charge in [-0.3, -0.25) is 14.4 Å². The fourth-order valence-corrected chi connectivity index (χ4v) is 7.79. The van der Waals surface area contributed by atoms with Crippen molar-refractivity contribution in [3.8, 4) is 0 Å². The minimum Gasteiger partial charge on any atom is -0.462 e. The molecule has 0 aromatic carbocycles. The Kier molecular flexibility index (Phi) is 47.3. The number of carbonyl (C=O) groups is 3. The molecule has 348 valence electrons. The van der Waals surface area contributed by atoms with Gasteiger partial charge in [0.1, 0.15) is 13.2 Å². The monoisotopic (exact) mass is 833 g/mol. The average Bonchev–Trinajstić information content (AvgIpc) is 3.23. The number of carbonyl (C=O) groups excluding carboxylic acids is 3. The zero-order valence-corrected chi connectivity index (χ0v) is 39.8. The first-order chi connectivity index (χ1) is 29.0. The molecule has 0 heterocycles. The van der Waals surface area contributed by atoms with Crippen LogP contribution in [0.4, 0.5) is 0 Å². The van der Waals surface area contributed by atoms with Crippen LogP contribution >= 0.6 is 0 Å². The minimum absolute atomic E-state index is 0.0664. The van der Waals surface area contributed by atoms with E-state index in [2.05, 4.69) is 32.9 Å². The summed E-state index contributed by atoms with van der Waals surface area (Å²) < 4.78 is 16.6. The third kappa shape index (κ3) is 47.1. The van der Waals surface area contributed by atoms with Crippen LogP contribution < -0.4 is 0 Å². The molecule has 0 bridgehead atoms. The van der Waals surface area contributed by atoms with Gasteiger partial charge >= 0.3 is 17.9 Å². The van der Waals surface area contributed by atoms with Crippen molar-refractivity contribution >= 4 is 17.9 Å². The van der Waals surface area contributed by atoms with Gasteiger partial charge in [0.25, 0.3) is 0 Å². The molecule has 0 aliphatic heterocycles. The molecule has 0 saturated heterocycles. The van der Waals surface area contributed by atoms with Crippen molar-refractivity contribution in [3.63, 3.8) is 0 Å². The molecule has 0 rings (SSSR count). The third-order valence-electron chi connectivity index (χ3n) is 11.8. The van der Waals surface area contributed by atoms with Gasteiger partial charge in [0.2, 0.25) is 0 Å². The maximum absolute atomic E-state index is 12.6. The second-order valence-electron chi connectivity index (χ2n) is 17.8. The quantitative estimate of drug-likeness (QED) is 0.0263. The van der Waals surface area contributed by atoms with Crippen molar-refractivity contribution in [3.05, 3.63) is 12.2 Å². The first-order valence-corrected chi connectivity index (χ1v) is 26.2. The van der Waals surface area contributed by atoms with Crippen LogP contribution in [0.3, 0.4) is 0 Å². The molecule has 1 unspecified atom stereocenters. The van der Waals surface area contributed by atoms with Gasteiger partial charge in [-0.25, -0.2) is 0 Å². The van der Waals surface area contributed by atoms with Crippen LogP contribution in [0, 0.1) is 0 Å². The topological polar surface area (TPSA) is 78.9 Å². The Labute approximate surface area is 367 Å². The van der Waals surface area contributed by atoms with Crippen molar-refractivity contribution in [1.29, 1.82) is 0 Å². The molecule has 0 spiro atoms. The van der Waals surface area contributed by atoms with E-state index in [4.69, 9.17) is 14.2 Å². The molecular weight excluding hydrogens is 733 g/mol. The average molecular weight is 833 g/mol. The molecule has 1 atom stereocenters. The van der Waals surface area contributed by atoms with Gasteiger partial charge in [0.15, 0.2) is 6.10 Å². The van der Waals surface area contributed by atoms with E-state index >= 15 is 0 Å². The lowest BCUT2D eigenvalue weighted by Crippen LogP contribution is -2.30. The van der Waals surface area contributed by atoms with E-state index in [0.29, 0.717) is 19.3 Å². The predicted octanol–water partition coefficient (Wildman–Crippen LogP) is 17.0. The smallest absolute Gasteiger partial charge is 0.306 e. The van der Waals surface area contributed by atoms with Crippen molar-refractivity contribution < 1.29 is 28.6 Å². The predicted molar refractivity (Wildman–Crippen MR) is 252 cm³/mol. The van der Waals surface area contributed by atoms with Crippen molar-refractivity contribution in [2.24, 2.45) is 0 Å². The molecule has 0 N–H and O–H groups in total. The van der Waals surface area contributed by atoms with E-state index in [-0.39, 0.29) is 31.1 Å². The highest BCUT2D eigenvalue weighted by atomic mass is 16.6. The SMILES string of the molecule is CCCCCCCCCC/C=C\CCCCCCCCCCCCCCCCCCCC(=O)OCC(COC(=O)CCCCCCC)OC(=O)CCCCCCCCC. The van der Waals surface area contributed by atoms with Crippen LogP contribution in [0.1, 0.15) is 290 Å². The summed E-state index contributed by atoms with van der Waals surface area (Å²) in [6, 6.07) is 0. The molecule has 0 aromatic rings. The Morgan fingerprint density at radius 3 is 0.847 bits per heavy atom. The fourth-order valence-electron chi connectivity index (χ4n) is 7.79. The normalized spacial score (nSPS) is 12.0. The summed E-state index contributed by atoms with van der Waals surface area (Å²) in [4.78, 5) is 37.4. The number of esters is 3. The second kappa shape index (κ2) is 48.8. The van der Waals surface area contributed by atoms with Gasteiger partial charge in [-0.1, -0.05) is 238 Å². The van der Waals surface area contributed by atoms with E-state index in [0.717, 1.165) is 64.2 Å². The highest BCUT2D eigenvalue weighted by molar-refractivity contribution is 5.71. The number of unbranched alkanes of at least 4 members (excludes halogenated alkanes) is 35. The van der Waals surface area contributed by atoms with E-state index in [1.54, 1.807) is 0 Å². The molecule has 0 aromatic heterocycles. The van der Waals surface area contributed by atoms with Gasteiger partial charge in [-0.2, -0.15) is 0 Å². The largest absolute Gasteiger partial charge is 0.462 e. The van der Waals surface area contributed by atoms with Crippen molar-refractivity contribution in [2.75, 3.05) is 13.2 Å².